The second-order valence-corrected chi connectivity index (χ2v) is 13.1. The van der Waals surface area contributed by atoms with Crippen LogP contribution in [0.1, 0.15) is 61.3 Å². The summed E-state index contributed by atoms with van der Waals surface area (Å²) in [5.41, 5.74) is 1.59. The van der Waals surface area contributed by atoms with Crippen molar-refractivity contribution in [2.24, 2.45) is 5.41 Å². The summed E-state index contributed by atoms with van der Waals surface area (Å²) in [6, 6.07) is 7.40. The van der Waals surface area contributed by atoms with Crippen molar-refractivity contribution in [1.82, 2.24) is 34.9 Å². The molecule has 38 heavy (non-hydrogen) atoms. The van der Waals surface area contributed by atoms with Gasteiger partial charge in [-0.2, -0.15) is 9.78 Å². The highest BCUT2D eigenvalue weighted by molar-refractivity contribution is 7.92. The maximum absolute atomic E-state index is 14.5. The second-order valence-electron chi connectivity index (χ2n) is 10.9. The van der Waals surface area contributed by atoms with Crippen molar-refractivity contribution >= 4 is 9.84 Å². The number of hydrogen-bond acceptors (Lipinski definition) is 8. The summed E-state index contributed by atoms with van der Waals surface area (Å²) in [7, 11) is -3.00. The third-order valence-corrected chi connectivity index (χ3v) is 10.5. The van der Waals surface area contributed by atoms with Crippen LogP contribution in [0.5, 0.6) is 0 Å². The molecule has 0 unspecified atom stereocenters. The highest BCUT2D eigenvalue weighted by Gasteiger charge is 2.65. The zero-order chi connectivity index (χ0) is 26.4. The lowest BCUT2D eigenvalue weighted by Gasteiger charge is -2.37. The van der Waals surface area contributed by atoms with Crippen LogP contribution in [-0.2, 0) is 15.3 Å². The van der Waals surface area contributed by atoms with Gasteiger partial charge in [0.2, 0.25) is 0 Å². The molecule has 4 heterocycles. The van der Waals surface area contributed by atoms with Crippen molar-refractivity contribution in [1.29, 1.82) is 0 Å². The summed E-state index contributed by atoms with van der Waals surface area (Å²) in [4.78, 5) is 13.6. The van der Waals surface area contributed by atoms with Crippen LogP contribution >= 0.6 is 0 Å². The van der Waals surface area contributed by atoms with E-state index < -0.39 is 26.9 Å². The molecule has 12 heteroatoms. The predicted molar refractivity (Wildman–Crippen MR) is 132 cm³/mol. The van der Waals surface area contributed by atoms with Gasteiger partial charge in [0.25, 0.3) is 5.95 Å². The fraction of sp³-hybridized carbons (Fsp3) is 0.385. The van der Waals surface area contributed by atoms with Crippen LogP contribution in [0.3, 0.4) is 0 Å². The third kappa shape index (κ3) is 3.09. The Kier molecular flexibility index (Phi) is 4.74. The highest BCUT2D eigenvalue weighted by Crippen LogP contribution is 2.69. The van der Waals surface area contributed by atoms with Crippen molar-refractivity contribution in [3.05, 3.63) is 77.3 Å². The van der Waals surface area contributed by atoms with Gasteiger partial charge in [0.15, 0.2) is 15.7 Å². The Morgan fingerprint density at radius 3 is 2.55 bits per heavy atom. The van der Waals surface area contributed by atoms with Gasteiger partial charge in [-0.3, -0.25) is 0 Å². The maximum atomic E-state index is 14.5. The van der Waals surface area contributed by atoms with Gasteiger partial charge < -0.3 is 0 Å². The third-order valence-electron chi connectivity index (χ3n) is 8.67. The zero-order valence-electron chi connectivity index (χ0n) is 20.6. The van der Waals surface area contributed by atoms with Gasteiger partial charge in [-0.1, -0.05) is 19.9 Å². The lowest BCUT2D eigenvalue weighted by molar-refractivity contribution is 0.242. The smallest absolute Gasteiger partial charge is 0.229 e. The molecule has 0 radical (unpaired) electrons. The molecule has 1 aromatic carbocycles. The molecule has 194 valence electrons. The van der Waals surface area contributed by atoms with Gasteiger partial charge in [-0.25, -0.2) is 32.2 Å². The molecular formula is C26H23F2N7O2S. The molecule has 0 N–H and O–H groups in total. The number of hydrogen-bond donors (Lipinski definition) is 0. The van der Waals surface area contributed by atoms with Crippen molar-refractivity contribution in [2.45, 2.75) is 43.9 Å². The summed E-state index contributed by atoms with van der Waals surface area (Å²) >= 11 is 0. The largest absolute Gasteiger partial charge is 0.252 e. The second kappa shape index (κ2) is 7.68. The first kappa shape index (κ1) is 23.4. The molecule has 2 atom stereocenters. The van der Waals surface area contributed by atoms with E-state index in [9.17, 15) is 17.2 Å². The summed E-state index contributed by atoms with van der Waals surface area (Å²) in [5.74, 6) is -0.592. The van der Waals surface area contributed by atoms with Crippen LogP contribution < -0.4 is 0 Å². The van der Waals surface area contributed by atoms with Crippen LogP contribution in [0.2, 0.25) is 0 Å². The van der Waals surface area contributed by atoms with Gasteiger partial charge in [0.1, 0.15) is 18.0 Å². The fourth-order valence-corrected chi connectivity index (χ4v) is 8.15. The fourth-order valence-electron chi connectivity index (χ4n) is 6.73. The number of aromatic nitrogens is 7. The minimum atomic E-state index is -3.00. The molecule has 1 saturated carbocycles. The molecule has 2 bridgehead atoms. The Hall–Kier alpha value is -3.67. The van der Waals surface area contributed by atoms with Crippen LogP contribution in [0, 0.1) is 17.0 Å². The highest BCUT2D eigenvalue weighted by atomic mass is 32.2. The SMILES string of the molecule is CC1(C)[C@H]2CC[C@@]1(c1ccnc(-n3cnc(C4CS(=O)(=O)C4)n3)n1)c1nnc(-c3c(F)cccc3F)cc12. The lowest BCUT2D eigenvalue weighted by Crippen LogP contribution is -2.38. The number of sulfone groups is 1. The zero-order valence-corrected chi connectivity index (χ0v) is 21.5. The van der Waals surface area contributed by atoms with Gasteiger partial charge in [-0.15, -0.1) is 10.2 Å². The van der Waals surface area contributed by atoms with E-state index in [1.807, 2.05) is 6.07 Å². The van der Waals surface area contributed by atoms with Crippen molar-refractivity contribution in [2.75, 3.05) is 11.5 Å². The Balaban J connectivity index is 1.30. The molecule has 1 saturated heterocycles. The number of nitrogens with zero attached hydrogens (tertiary/aromatic N) is 7. The monoisotopic (exact) mass is 535 g/mol. The first-order chi connectivity index (χ1) is 18.1. The molecule has 2 fully saturated rings. The van der Waals surface area contributed by atoms with Crippen LogP contribution in [0.15, 0.2) is 42.9 Å². The normalized spacial score (nSPS) is 24.8. The molecule has 2 aliphatic carbocycles. The van der Waals surface area contributed by atoms with E-state index >= 15 is 0 Å². The van der Waals surface area contributed by atoms with Gasteiger partial charge in [-0.05, 0) is 54.0 Å². The molecule has 3 aliphatic rings. The summed E-state index contributed by atoms with van der Waals surface area (Å²) in [5, 5.41) is 13.3. The van der Waals surface area contributed by atoms with Gasteiger partial charge >= 0.3 is 0 Å². The van der Waals surface area contributed by atoms with E-state index in [2.05, 4.69) is 39.1 Å². The minimum Gasteiger partial charge on any atom is -0.229 e. The quantitative estimate of drug-likeness (QED) is 0.390. The Labute approximate surface area is 217 Å². The molecule has 0 amide bonds. The van der Waals surface area contributed by atoms with Crippen LogP contribution in [0.4, 0.5) is 8.78 Å². The van der Waals surface area contributed by atoms with Crippen molar-refractivity contribution < 1.29 is 17.2 Å². The predicted octanol–water partition coefficient (Wildman–Crippen LogP) is 3.51. The average Bonchev–Trinajstić information content (AvgIpc) is 3.51. The Morgan fingerprint density at radius 2 is 1.82 bits per heavy atom. The number of rotatable bonds is 4. The van der Waals surface area contributed by atoms with Gasteiger partial charge in [0, 0.05) is 12.1 Å². The van der Waals surface area contributed by atoms with E-state index in [1.165, 1.54) is 29.2 Å². The van der Waals surface area contributed by atoms with E-state index in [-0.39, 0.29) is 40.0 Å². The molecule has 1 aliphatic heterocycles. The van der Waals surface area contributed by atoms with E-state index in [0.29, 0.717) is 11.8 Å². The topological polar surface area (TPSA) is 116 Å². The molecular weight excluding hydrogens is 512 g/mol. The molecule has 9 nitrogen and oxygen atoms in total. The summed E-state index contributed by atoms with van der Waals surface area (Å²) in [6.07, 6.45) is 4.82. The molecule has 4 aromatic rings. The average molecular weight is 536 g/mol. The number of fused-ring (bicyclic) bond motifs is 5. The first-order valence-corrected chi connectivity index (χ1v) is 14.2. The Bertz CT molecular complexity index is 1710. The molecule has 7 rings (SSSR count). The van der Waals surface area contributed by atoms with Gasteiger partial charge in [0.05, 0.1) is 39.6 Å². The Morgan fingerprint density at radius 1 is 1.05 bits per heavy atom. The summed E-state index contributed by atoms with van der Waals surface area (Å²) in [6.45, 7) is 4.34. The van der Waals surface area contributed by atoms with Crippen LogP contribution in [-0.4, -0.2) is 54.9 Å². The van der Waals surface area contributed by atoms with Crippen LogP contribution in [0.25, 0.3) is 17.2 Å². The number of halogens is 2. The first-order valence-electron chi connectivity index (χ1n) is 12.4. The lowest BCUT2D eigenvalue weighted by atomic mass is 9.66. The minimum absolute atomic E-state index is 0.0464. The van der Waals surface area contributed by atoms with E-state index in [0.717, 1.165) is 29.8 Å². The molecule has 3 aromatic heterocycles. The van der Waals surface area contributed by atoms with E-state index in [1.54, 1.807) is 12.3 Å². The van der Waals surface area contributed by atoms with E-state index in [4.69, 9.17) is 4.98 Å². The number of benzene rings is 1. The standard InChI is InChI=1S/C26H23F2N7O2S/c1-25(2)16-6-8-26(25,22-15(16)10-19(32-33-22)21-17(27)4-3-5-18(21)28)20-7-9-29-24(31-20)35-13-30-23(34-35)14-11-38(36,37)12-14/h3-5,7,9-10,13-14,16H,6,8,11-12H2,1-2H3/t16-,26+/m0/s1. The molecule has 0 spiro atoms. The maximum Gasteiger partial charge on any atom is 0.252 e. The van der Waals surface area contributed by atoms with Crippen molar-refractivity contribution in [3.8, 4) is 17.2 Å². The summed E-state index contributed by atoms with van der Waals surface area (Å²) < 4.78 is 53.7. The van der Waals surface area contributed by atoms with Crippen molar-refractivity contribution in [3.63, 3.8) is 0 Å².